The lowest BCUT2D eigenvalue weighted by molar-refractivity contribution is 0.0455. The first-order chi connectivity index (χ1) is 11.9. The molecule has 0 unspecified atom stereocenters. The van der Waals surface area contributed by atoms with Crippen molar-refractivity contribution in [3.63, 3.8) is 0 Å². The van der Waals surface area contributed by atoms with Crippen LogP contribution < -0.4 is 5.32 Å². The molecule has 2 amide bonds. The van der Waals surface area contributed by atoms with Gasteiger partial charge >= 0.3 is 6.03 Å². The number of aliphatic hydroxyl groups is 1. The van der Waals surface area contributed by atoms with Crippen LogP contribution >= 0.6 is 0 Å². The lowest BCUT2D eigenvalue weighted by Crippen LogP contribution is -2.43. The van der Waals surface area contributed by atoms with E-state index >= 15 is 0 Å². The van der Waals surface area contributed by atoms with Crippen LogP contribution in [0.15, 0.2) is 29.4 Å². The standard InChI is InChI=1S/C19H27N3O3/c1-14-4-6-15(7-5-14)17-12-16(25-21-17)13-20-18(23)22-10-3-8-19(2,24)9-11-22/h4-7,16,24H,3,8-13H2,1-2H3,(H,20,23)/t16-,19+/m0/s1. The Morgan fingerprint density at radius 3 is 2.88 bits per heavy atom. The van der Waals surface area contributed by atoms with Gasteiger partial charge in [0.1, 0.15) is 0 Å². The fraction of sp³-hybridized carbons (Fsp3) is 0.579. The first kappa shape index (κ1) is 17.7. The third kappa shape index (κ3) is 4.72. The van der Waals surface area contributed by atoms with E-state index in [1.807, 2.05) is 19.1 Å². The van der Waals surface area contributed by atoms with Crippen LogP contribution in [0.25, 0.3) is 0 Å². The zero-order valence-corrected chi connectivity index (χ0v) is 15.0. The number of aryl methyl sites for hydroxylation is 1. The third-order valence-corrected chi connectivity index (χ3v) is 4.95. The van der Waals surface area contributed by atoms with Crippen LogP contribution in [-0.4, -0.2) is 53.1 Å². The summed E-state index contributed by atoms with van der Waals surface area (Å²) in [6.45, 7) is 5.58. The number of urea groups is 1. The Balaban J connectivity index is 1.45. The highest BCUT2D eigenvalue weighted by Gasteiger charge is 2.28. The van der Waals surface area contributed by atoms with Crippen molar-refractivity contribution in [2.24, 2.45) is 5.16 Å². The van der Waals surface area contributed by atoms with Crippen LogP contribution in [0.2, 0.25) is 0 Å². The molecule has 2 aliphatic heterocycles. The summed E-state index contributed by atoms with van der Waals surface area (Å²) in [5.41, 5.74) is 2.53. The maximum atomic E-state index is 12.3. The molecule has 2 atom stereocenters. The predicted octanol–water partition coefficient (Wildman–Crippen LogP) is 2.43. The number of carbonyl (C=O) groups is 1. The molecule has 0 radical (unpaired) electrons. The number of nitrogens with zero attached hydrogens (tertiary/aromatic N) is 2. The summed E-state index contributed by atoms with van der Waals surface area (Å²) in [7, 11) is 0. The van der Waals surface area contributed by atoms with E-state index in [1.165, 1.54) is 5.56 Å². The van der Waals surface area contributed by atoms with E-state index in [-0.39, 0.29) is 12.1 Å². The Morgan fingerprint density at radius 2 is 2.12 bits per heavy atom. The number of hydrogen-bond acceptors (Lipinski definition) is 4. The second-order valence-corrected chi connectivity index (χ2v) is 7.36. The van der Waals surface area contributed by atoms with Crippen molar-refractivity contribution in [2.45, 2.75) is 51.2 Å². The number of oxime groups is 1. The molecule has 1 fully saturated rings. The van der Waals surface area contributed by atoms with Gasteiger partial charge in [-0.2, -0.15) is 0 Å². The molecule has 3 rings (SSSR count). The van der Waals surface area contributed by atoms with E-state index in [0.717, 1.165) is 24.1 Å². The van der Waals surface area contributed by atoms with Gasteiger partial charge in [-0.15, -0.1) is 0 Å². The van der Waals surface area contributed by atoms with Gasteiger partial charge in [-0.1, -0.05) is 35.0 Å². The number of carbonyl (C=O) groups excluding carboxylic acids is 1. The highest BCUT2D eigenvalue weighted by Crippen LogP contribution is 2.21. The van der Waals surface area contributed by atoms with Gasteiger partial charge in [0.15, 0.2) is 6.10 Å². The molecule has 25 heavy (non-hydrogen) atoms. The molecule has 6 nitrogen and oxygen atoms in total. The first-order valence-electron chi connectivity index (χ1n) is 8.98. The summed E-state index contributed by atoms with van der Waals surface area (Å²) in [5, 5.41) is 17.2. The third-order valence-electron chi connectivity index (χ3n) is 4.95. The van der Waals surface area contributed by atoms with Crippen LogP contribution in [0.1, 0.15) is 43.7 Å². The average molecular weight is 345 g/mol. The van der Waals surface area contributed by atoms with E-state index in [1.54, 1.807) is 4.90 Å². The molecular formula is C19H27N3O3. The van der Waals surface area contributed by atoms with Gasteiger partial charge in [0.2, 0.25) is 0 Å². The number of nitrogens with one attached hydrogen (secondary N) is 1. The molecule has 6 heteroatoms. The van der Waals surface area contributed by atoms with Crippen LogP contribution in [0.4, 0.5) is 4.79 Å². The quantitative estimate of drug-likeness (QED) is 0.884. The van der Waals surface area contributed by atoms with Crippen LogP contribution in [0.5, 0.6) is 0 Å². The smallest absolute Gasteiger partial charge is 0.317 e. The van der Waals surface area contributed by atoms with Gasteiger partial charge in [0.25, 0.3) is 0 Å². The van der Waals surface area contributed by atoms with Crippen molar-refractivity contribution in [1.29, 1.82) is 0 Å². The van der Waals surface area contributed by atoms with Crippen molar-refractivity contribution >= 4 is 11.7 Å². The van der Waals surface area contributed by atoms with Crippen molar-refractivity contribution in [3.8, 4) is 0 Å². The highest BCUT2D eigenvalue weighted by atomic mass is 16.6. The van der Waals surface area contributed by atoms with Crippen LogP contribution in [-0.2, 0) is 4.84 Å². The molecule has 2 aliphatic rings. The summed E-state index contributed by atoms with van der Waals surface area (Å²) in [6.07, 6.45) is 2.73. The van der Waals surface area contributed by atoms with Gasteiger partial charge in [-0.25, -0.2) is 4.79 Å². The van der Waals surface area contributed by atoms with Crippen molar-refractivity contribution in [3.05, 3.63) is 35.4 Å². The van der Waals surface area contributed by atoms with Gasteiger partial charge in [0.05, 0.1) is 17.9 Å². The van der Waals surface area contributed by atoms with Gasteiger partial charge in [0, 0.05) is 19.5 Å². The topological polar surface area (TPSA) is 74.2 Å². The molecule has 1 saturated heterocycles. The van der Waals surface area contributed by atoms with Gasteiger partial charge in [-0.3, -0.25) is 0 Å². The van der Waals surface area contributed by atoms with Gasteiger partial charge in [-0.05, 0) is 38.7 Å². The molecule has 1 aromatic carbocycles. The lowest BCUT2D eigenvalue weighted by Gasteiger charge is -2.23. The SMILES string of the molecule is Cc1ccc(C2=NO[C@H](CNC(=O)N3CCC[C@@](C)(O)CC3)C2)cc1. The zero-order valence-electron chi connectivity index (χ0n) is 15.0. The van der Waals surface area contributed by atoms with E-state index < -0.39 is 5.60 Å². The molecule has 0 aromatic heterocycles. The van der Waals surface area contributed by atoms with E-state index in [2.05, 4.69) is 29.5 Å². The molecule has 136 valence electrons. The summed E-state index contributed by atoms with van der Waals surface area (Å²) in [5.74, 6) is 0. The molecule has 2 heterocycles. The Kier molecular flexibility index (Phi) is 5.27. The Labute approximate surface area is 148 Å². The molecular weight excluding hydrogens is 318 g/mol. The normalized spacial score (nSPS) is 26.6. The molecule has 1 aromatic rings. The second-order valence-electron chi connectivity index (χ2n) is 7.36. The summed E-state index contributed by atoms with van der Waals surface area (Å²) >= 11 is 0. The van der Waals surface area contributed by atoms with E-state index in [4.69, 9.17) is 4.84 Å². The molecule has 0 aliphatic carbocycles. The Hall–Kier alpha value is -2.08. The summed E-state index contributed by atoms with van der Waals surface area (Å²) in [4.78, 5) is 19.6. The van der Waals surface area contributed by atoms with Crippen molar-refractivity contribution in [2.75, 3.05) is 19.6 Å². The number of benzene rings is 1. The van der Waals surface area contributed by atoms with Crippen LogP contribution in [0, 0.1) is 6.92 Å². The maximum Gasteiger partial charge on any atom is 0.317 e. The molecule has 0 saturated carbocycles. The monoisotopic (exact) mass is 345 g/mol. The number of rotatable bonds is 3. The van der Waals surface area contributed by atoms with E-state index in [9.17, 15) is 9.90 Å². The number of hydrogen-bond donors (Lipinski definition) is 2. The fourth-order valence-corrected chi connectivity index (χ4v) is 3.23. The molecule has 2 N–H and O–H groups in total. The minimum Gasteiger partial charge on any atom is -0.390 e. The first-order valence-corrected chi connectivity index (χ1v) is 8.98. The predicted molar refractivity (Wildman–Crippen MR) is 96.7 cm³/mol. The molecule has 0 spiro atoms. The van der Waals surface area contributed by atoms with Gasteiger partial charge < -0.3 is 20.2 Å². The summed E-state index contributed by atoms with van der Waals surface area (Å²) < 4.78 is 0. The van der Waals surface area contributed by atoms with Crippen molar-refractivity contribution < 1.29 is 14.7 Å². The number of amides is 2. The lowest BCUT2D eigenvalue weighted by atomic mass is 9.98. The Morgan fingerprint density at radius 1 is 1.36 bits per heavy atom. The average Bonchev–Trinajstić information content (AvgIpc) is 2.97. The zero-order chi connectivity index (χ0) is 17.9. The molecule has 0 bridgehead atoms. The Bertz CT molecular complexity index is 640. The minimum atomic E-state index is -0.666. The second kappa shape index (κ2) is 7.44. The maximum absolute atomic E-state index is 12.3. The fourth-order valence-electron chi connectivity index (χ4n) is 3.23. The highest BCUT2D eigenvalue weighted by molar-refractivity contribution is 6.01. The van der Waals surface area contributed by atoms with Crippen molar-refractivity contribution in [1.82, 2.24) is 10.2 Å². The van der Waals surface area contributed by atoms with E-state index in [0.29, 0.717) is 32.5 Å². The minimum absolute atomic E-state index is 0.0925. The number of likely N-dealkylation sites (tertiary alicyclic amines) is 1. The van der Waals surface area contributed by atoms with Crippen LogP contribution in [0.3, 0.4) is 0 Å². The largest absolute Gasteiger partial charge is 0.390 e. The summed E-state index contributed by atoms with van der Waals surface area (Å²) in [6, 6.07) is 8.11.